The van der Waals surface area contributed by atoms with E-state index >= 15 is 0 Å². The number of rotatable bonds is 4. The fourth-order valence-electron chi connectivity index (χ4n) is 1.80. The van der Waals surface area contributed by atoms with Gasteiger partial charge in [0.25, 0.3) is 5.24 Å². The molecule has 0 fully saturated rings. The lowest BCUT2D eigenvalue weighted by Gasteiger charge is -2.09. The Labute approximate surface area is 160 Å². The number of carbonyl (C=O) groups is 2. The van der Waals surface area contributed by atoms with Gasteiger partial charge in [-0.2, -0.15) is 0 Å². The van der Waals surface area contributed by atoms with E-state index in [-0.39, 0.29) is 11.1 Å². The molecule has 0 heterocycles. The van der Waals surface area contributed by atoms with Crippen molar-refractivity contribution >= 4 is 57.9 Å². The van der Waals surface area contributed by atoms with Crippen molar-refractivity contribution in [3.63, 3.8) is 0 Å². The minimum atomic E-state index is -0.291. The smallest absolute Gasteiger partial charge is 0.285 e. The van der Waals surface area contributed by atoms with Gasteiger partial charge in [0.15, 0.2) is 0 Å². The standard InChI is InChI=1S/C18H16Cl2N2O2S/c1-22(2)18(24)25-14-9-7-13(8-10-14)21-16(23)11-6-12-4-3-5-15(19)17(12)20/h3-11H,1-2H3,(H,21,23)/b11-6+. The van der Waals surface area contributed by atoms with Crippen LogP contribution in [0.25, 0.3) is 6.08 Å². The lowest BCUT2D eigenvalue weighted by molar-refractivity contribution is -0.111. The van der Waals surface area contributed by atoms with Crippen molar-refractivity contribution in [2.24, 2.45) is 0 Å². The average Bonchev–Trinajstić information content (AvgIpc) is 2.58. The van der Waals surface area contributed by atoms with Crippen LogP contribution in [0, 0.1) is 0 Å². The second-order valence-corrected chi connectivity index (χ2v) is 7.06. The molecule has 0 saturated carbocycles. The summed E-state index contributed by atoms with van der Waals surface area (Å²) in [7, 11) is 3.39. The summed E-state index contributed by atoms with van der Waals surface area (Å²) < 4.78 is 0. The van der Waals surface area contributed by atoms with Crippen molar-refractivity contribution in [3.8, 4) is 0 Å². The number of nitrogens with one attached hydrogen (secondary N) is 1. The van der Waals surface area contributed by atoms with E-state index in [9.17, 15) is 9.59 Å². The first-order valence-electron chi connectivity index (χ1n) is 7.29. The van der Waals surface area contributed by atoms with Gasteiger partial charge in [0.1, 0.15) is 0 Å². The largest absolute Gasteiger partial charge is 0.339 e. The molecule has 25 heavy (non-hydrogen) atoms. The number of halogens is 2. The SMILES string of the molecule is CN(C)C(=O)Sc1ccc(NC(=O)/C=C/c2cccc(Cl)c2Cl)cc1. The first-order valence-corrected chi connectivity index (χ1v) is 8.86. The van der Waals surface area contributed by atoms with E-state index in [4.69, 9.17) is 23.2 Å². The van der Waals surface area contributed by atoms with Crippen molar-refractivity contribution < 1.29 is 9.59 Å². The predicted octanol–water partition coefficient (Wildman–Crippen LogP) is 5.42. The first kappa shape index (κ1) is 19.4. The fourth-order valence-corrected chi connectivity index (χ4v) is 2.82. The molecular weight excluding hydrogens is 379 g/mol. The van der Waals surface area contributed by atoms with Crippen LogP contribution < -0.4 is 5.32 Å². The summed E-state index contributed by atoms with van der Waals surface area (Å²) in [6, 6.07) is 12.2. The van der Waals surface area contributed by atoms with Crippen molar-refractivity contribution in [1.29, 1.82) is 0 Å². The third-order valence-corrected chi connectivity index (χ3v) is 4.97. The molecule has 0 atom stereocenters. The molecule has 130 valence electrons. The lowest BCUT2D eigenvalue weighted by atomic mass is 10.2. The third kappa shape index (κ3) is 5.81. The molecule has 1 N–H and O–H groups in total. The predicted molar refractivity (Wildman–Crippen MR) is 106 cm³/mol. The maximum absolute atomic E-state index is 12.0. The number of nitrogens with zero attached hydrogens (tertiary/aromatic N) is 1. The summed E-state index contributed by atoms with van der Waals surface area (Å²) in [6.45, 7) is 0. The van der Waals surface area contributed by atoms with Gasteiger partial charge in [0.2, 0.25) is 5.91 Å². The first-order chi connectivity index (χ1) is 11.9. The van der Waals surface area contributed by atoms with Gasteiger partial charge in [0.05, 0.1) is 10.0 Å². The second kappa shape index (κ2) is 8.94. The molecule has 7 heteroatoms. The van der Waals surface area contributed by atoms with E-state index < -0.39 is 0 Å². The molecule has 0 aliphatic carbocycles. The summed E-state index contributed by atoms with van der Waals surface area (Å²) in [6.07, 6.45) is 2.99. The maximum Gasteiger partial charge on any atom is 0.285 e. The molecule has 0 bridgehead atoms. The minimum absolute atomic E-state index is 0.0573. The Bertz CT molecular complexity index is 805. The highest BCUT2D eigenvalue weighted by Gasteiger charge is 2.07. The van der Waals surface area contributed by atoms with Crippen molar-refractivity contribution in [2.45, 2.75) is 4.90 Å². The number of hydrogen-bond acceptors (Lipinski definition) is 3. The van der Waals surface area contributed by atoms with Crippen LogP contribution in [-0.4, -0.2) is 30.1 Å². The molecule has 2 amide bonds. The normalized spacial score (nSPS) is 10.7. The zero-order chi connectivity index (χ0) is 18.4. The molecule has 0 aliphatic rings. The summed E-state index contributed by atoms with van der Waals surface area (Å²) in [5.74, 6) is -0.291. The van der Waals surface area contributed by atoms with Crippen molar-refractivity contribution in [2.75, 3.05) is 19.4 Å². The molecular formula is C18H16Cl2N2O2S. The molecule has 0 unspecified atom stereocenters. The van der Waals surface area contributed by atoms with Gasteiger partial charge in [-0.1, -0.05) is 35.3 Å². The van der Waals surface area contributed by atoms with Crippen LogP contribution in [0.5, 0.6) is 0 Å². The quantitative estimate of drug-likeness (QED) is 0.556. The molecule has 2 aromatic carbocycles. The number of thioether (sulfide) groups is 1. The van der Waals surface area contributed by atoms with E-state index in [1.165, 1.54) is 11.0 Å². The van der Waals surface area contributed by atoms with E-state index in [1.54, 1.807) is 62.6 Å². The van der Waals surface area contributed by atoms with Crippen LogP contribution in [0.2, 0.25) is 10.0 Å². The van der Waals surface area contributed by atoms with Gasteiger partial charge in [-0.3, -0.25) is 9.59 Å². The van der Waals surface area contributed by atoms with Crippen LogP contribution in [-0.2, 0) is 4.79 Å². The summed E-state index contributed by atoms with van der Waals surface area (Å²) in [5, 5.41) is 3.52. The molecule has 2 aromatic rings. The maximum atomic E-state index is 12.0. The van der Waals surface area contributed by atoms with E-state index in [0.29, 0.717) is 21.3 Å². The lowest BCUT2D eigenvalue weighted by Crippen LogP contribution is -2.16. The number of hydrogen-bond donors (Lipinski definition) is 1. The van der Waals surface area contributed by atoms with Crippen LogP contribution in [0.3, 0.4) is 0 Å². The van der Waals surface area contributed by atoms with Crippen molar-refractivity contribution in [1.82, 2.24) is 4.90 Å². The Kier molecular flexibility index (Phi) is 6.93. The summed E-state index contributed by atoms with van der Waals surface area (Å²) in [4.78, 5) is 25.9. The highest BCUT2D eigenvalue weighted by atomic mass is 35.5. The Balaban J connectivity index is 1.97. The van der Waals surface area contributed by atoms with Gasteiger partial charge < -0.3 is 10.2 Å². The zero-order valence-electron chi connectivity index (χ0n) is 13.6. The van der Waals surface area contributed by atoms with Crippen LogP contribution in [0.15, 0.2) is 53.4 Å². The van der Waals surface area contributed by atoms with Gasteiger partial charge >= 0.3 is 0 Å². The van der Waals surface area contributed by atoms with Crippen LogP contribution in [0.4, 0.5) is 10.5 Å². The Morgan fingerprint density at radius 3 is 2.40 bits per heavy atom. The van der Waals surface area contributed by atoms with Crippen LogP contribution in [0.1, 0.15) is 5.56 Å². The molecule has 0 aliphatic heterocycles. The van der Waals surface area contributed by atoms with Gasteiger partial charge in [0, 0.05) is 30.8 Å². The topological polar surface area (TPSA) is 49.4 Å². The third-order valence-electron chi connectivity index (χ3n) is 3.09. The van der Waals surface area contributed by atoms with Gasteiger partial charge in [-0.05, 0) is 53.7 Å². The highest BCUT2D eigenvalue weighted by Crippen LogP contribution is 2.26. The Morgan fingerprint density at radius 2 is 1.76 bits per heavy atom. The summed E-state index contributed by atoms with van der Waals surface area (Å²) in [5.41, 5.74) is 1.30. The minimum Gasteiger partial charge on any atom is -0.339 e. The van der Waals surface area contributed by atoms with Gasteiger partial charge in [-0.15, -0.1) is 0 Å². The molecule has 4 nitrogen and oxygen atoms in total. The molecule has 0 saturated heterocycles. The highest BCUT2D eigenvalue weighted by molar-refractivity contribution is 8.13. The van der Waals surface area contributed by atoms with E-state index in [2.05, 4.69) is 5.32 Å². The molecule has 2 rings (SSSR count). The number of amides is 2. The summed E-state index contributed by atoms with van der Waals surface area (Å²) >= 11 is 13.1. The fraction of sp³-hybridized carbons (Fsp3) is 0.111. The monoisotopic (exact) mass is 394 g/mol. The molecule has 0 aromatic heterocycles. The average molecular weight is 395 g/mol. The number of anilines is 1. The Hall–Kier alpha value is -1.95. The second-order valence-electron chi connectivity index (χ2n) is 5.25. The number of benzene rings is 2. The van der Waals surface area contributed by atoms with E-state index in [1.807, 2.05) is 0 Å². The van der Waals surface area contributed by atoms with E-state index in [0.717, 1.165) is 16.7 Å². The molecule has 0 spiro atoms. The Morgan fingerprint density at radius 1 is 1.08 bits per heavy atom. The van der Waals surface area contributed by atoms with Crippen molar-refractivity contribution in [3.05, 3.63) is 64.1 Å². The van der Waals surface area contributed by atoms with Gasteiger partial charge in [-0.25, -0.2) is 0 Å². The zero-order valence-corrected chi connectivity index (χ0v) is 16.0. The van der Waals surface area contributed by atoms with Crippen LogP contribution >= 0.6 is 35.0 Å². The molecule has 0 radical (unpaired) electrons. The number of carbonyl (C=O) groups excluding carboxylic acids is 2.